The summed E-state index contributed by atoms with van der Waals surface area (Å²) in [6, 6.07) is -0.254. The third-order valence-corrected chi connectivity index (χ3v) is 3.37. The van der Waals surface area contributed by atoms with Gasteiger partial charge in [0, 0.05) is 19.5 Å². The molecule has 0 radical (unpaired) electrons. The summed E-state index contributed by atoms with van der Waals surface area (Å²) in [6.07, 6.45) is 2.80. The van der Waals surface area contributed by atoms with Gasteiger partial charge >= 0.3 is 12.0 Å². The van der Waals surface area contributed by atoms with Crippen molar-refractivity contribution in [2.75, 3.05) is 7.05 Å². The van der Waals surface area contributed by atoms with E-state index in [9.17, 15) is 14.4 Å². The second kappa shape index (κ2) is 5.37. The predicted octanol–water partition coefficient (Wildman–Crippen LogP) is 1.21. The molecule has 0 heterocycles. The molecule has 2 N–H and O–H groups in total. The van der Waals surface area contributed by atoms with Gasteiger partial charge in [-0.05, 0) is 33.1 Å². The molecule has 0 aromatic rings. The number of nitrogens with one attached hydrogen (secondary N) is 1. The van der Waals surface area contributed by atoms with Gasteiger partial charge in [0.2, 0.25) is 5.91 Å². The topological polar surface area (TPSA) is 86.7 Å². The van der Waals surface area contributed by atoms with Crippen LogP contribution in [-0.2, 0) is 9.59 Å². The van der Waals surface area contributed by atoms with Crippen molar-refractivity contribution < 1.29 is 19.5 Å². The highest BCUT2D eigenvalue weighted by Crippen LogP contribution is 2.24. The molecule has 1 fully saturated rings. The molecule has 1 aliphatic carbocycles. The third kappa shape index (κ3) is 3.45. The third-order valence-electron chi connectivity index (χ3n) is 3.37. The quantitative estimate of drug-likeness (QED) is 0.791. The van der Waals surface area contributed by atoms with Gasteiger partial charge in [0.15, 0.2) is 0 Å². The van der Waals surface area contributed by atoms with Crippen molar-refractivity contribution in [3.8, 4) is 0 Å². The van der Waals surface area contributed by atoms with Gasteiger partial charge < -0.3 is 10.0 Å². The van der Waals surface area contributed by atoms with E-state index >= 15 is 0 Å². The van der Waals surface area contributed by atoms with Crippen LogP contribution in [0.4, 0.5) is 4.79 Å². The summed E-state index contributed by atoms with van der Waals surface area (Å²) in [5, 5.41) is 11.1. The van der Waals surface area contributed by atoms with Crippen LogP contribution in [0, 0.1) is 5.41 Å². The molecule has 1 saturated carbocycles. The van der Waals surface area contributed by atoms with Crippen LogP contribution in [0.25, 0.3) is 0 Å². The first-order valence-electron chi connectivity index (χ1n) is 6.04. The lowest BCUT2D eigenvalue weighted by atomic mass is 9.89. The molecule has 6 nitrogen and oxygen atoms in total. The van der Waals surface area contributed by atoms with E-state index in [1.54, 1.807) is 7.05 Å². The van der Waals surface area contributed by atoms with Crippen LogP contribution in [0.2, 0.25) is 0 Å². The van der Waals surface area contributed by atoms with Crippen LogP contribution in [0.15, 0.2) is 0 Å². The first-order valence-corrected chi connectivity index (χ1v) is 6.04. The average molecular weight is 256 g/mol. The highest BCUT2D eigenvalue weighted by molar-refractivity contribution is 5.96. The van der Waals surface area contributed by atoms with Crippen LogP contribution in [-0.4, -0.2) is 41.0 Å². The van der Waals surface area contributed by atoms with Crippen molar-refractivity contribution in [3.05, 3.63) is 0 Å². The minimum atomic E-state index is -1.17. The Labute approximate surface area is 106 Å². The van der Waals surface area contributed by atoms with Gasteiger partial charge in [0.25, 0.3) is 0 Å². The Balaban J connectivity index is 2.44. The molecule has 102 valence electrons. The monoisotopic (exact) mass is 256 g/mol. The summed E-state index contributed by atoms with van der Waals surface area (Å²) in [5.74, 6) is -1.61. The predicted molar refractivity (Wildman–Crippen MR) is 65.0 cm³/mol. The zero-order valence-corrected chi connectivity index (χ0v) is 11.0. The zero-order valence-electron chi connectivity index (χ0n) is 11.0. The van der Waals surface area contributed by atoms with Gasteiger partial charge in [0.05, 0.1) is 5.41 Å². The molecule has 0 aromatic heterocycles. The van der Waals surface area contributed by atoms with Crippen LogP contribution in [0.3, 0.4) is 0 Å². The Kier molecular flexibility index (Phi) is 4.32. The molecule has 1 aliphatic rings. The summed E-state index contributed by atoms with van der Waals surface area (Å²) in [7, 11) is 1.65. The molecule has 3 amide bonds. The summed E-state index contributed by atoms with van der Waals surface area (Å²) < 4.78 is 0. The maximum Gasteiger partial charge on any atom is 0.324 e. The summed E-state index contributed by atoms with van der Waals surface area (Å²) in [5.41, 5.74) is -1.17. The number of imide groups is 1. The van der Waals surface area contributed by atoms with E-state index in [0.29, 0.717) is 0 Å². The Morgan fingerprint density at radius 3 is 2.28 bits per heavy atom. The molecule has 0 saturated heterocycles. The number of carboxylic acid groups (broad SMARTS) is 1. The number of hydrogen-bond donors (Lipinski definition) is 2. The second-order valence-corrected chi connectivity index (χ2v) is 5.41. The van der Waals surface area contributed by atoms with E-state index < -0.39 is 23.3 Å². The van der Waals surface area contributed by atoms with E-state index in [1.165, 1.54) is 18.7 Å². The number of carbonyl (C=O) groups is 3. The molecular formula is C12H20N2O4. The van der Waals surface area contributed by atoms with Gasteiger partial charge in [-0.25, -0.2) is 4.79 Å². The minimum absolute atomic E-state index is 0.199. The van der Waals surface area contributed by atoms with E-state index in [2.05, 4.69) is 5.32 Å². The smallest absolute Gasteiger partial charge is 0.324 e. The summed E-state index contributed by atoms with van der Waals surface area (Å²) in [6.45, 7) is 2.91. The lowest BCUT2D eigenvalue weighted by Crippen LogP contribution is -2.49. The second-order valence-electron chi connectivity index (χ2n) is 5.41. The van der Waals surface area contributed by atoms with E-state index in [4.69, 9.17) is 5.11 Å². The largest absolute Gasteiger partial charge is 0.481 e. The molecular weight excluding hydrogens is 236 g/mol. The normalized spacial score (nSPS) is 15.7. The number of aliphatic carboxylic acids is 1. The van der Waals surface area contributed by atoms with Gasteiger partial charge in [-0.3, -0.25) is 14.9 Å². The van der Waals surface area contributed by atoms with Crippen molar-refractivity contribution in [1.82, 2.24) is 10.2 Å². The standard InChI is InChI=1S/C12H20N2O4/c1-12(2,10(16)17)7-9(15)13-11(18)14(3)8-5-4-6-8/h8H,4-7H2,1-3H3,(H,16,17)(H,13,15,18). The van der Waals surface area contributed by atoms with Gasteiger partial charge in [0.1, 0.15) is 0 Å². The molecule has 0 atom stereocenters. The fourth-order valence-electron chi connectivity index (χ4n) is 1.67. The molecule has 0 spiro atoms. The zero-order chi connectivity index (χ0) is 13.9. The SMILES string of the molecule is CN(C(=O)NC(=O)CC(C)(C)C(=O)O)C1CCC1. The van der Waals surface area contributed by atoms with Crippen molar-refractivity contribution in [2.24, 2.45) is 5.41 Å². The molecule has 1 rings (SSSR count). The van der Waals surface area contributed by atoms with Crippen LogP contribution < -0.4 is 5.32 Å². The van der Waals surface area contributed by atoms with E-state index in [-0.39, 0.29) is 12.5 Å². The number of urea groups is 1. The number of amides is 3. The number of carbonyl (C=O) groups excluding carboxylic acids is 2. The first kappa shape index (κ1) is 14.5. The Bertz CT molecular complexity index is 361. The minimum Gasteiger partial charge on any atom is -0.481 e. The number of carboxylic acids is 1. The first-order chi connectivity index (χ1) is 8.24. The number of hydrogen-bond acceptors (Lipinski definition) is 3. The highest BCUT2D eigenvalue weighted by Gasteiger charge is 2.32. The average Bonchev–Trinajstić information content (AvgIpc) is 2.13. The maximum atomic E-state index is 11.7. The molecule has 0 unspecified atom stereocenters. The van der Waals surface area contributed by atoms with Crippen LogP contribution in [0.1, 0.15) is 39.5 Å². The van der Waals surface area contributed by atoms with Gasteiger partial charge in [-0.15, -0.1) is 0 Å². The number of nitrogens with zero attached hydrogens (tertiary/aromatic N) is 1. The van der Waals surface area contributed by atoms with Crippen molar-refractivity contribution in [3.63, 3.8) is 0 Å². The lowest BCUT2D eigenvalue weighted by Gasteiger charge is -2.34. The van der Waals surface area contributed by atoms with Crippen LogP contribution in [0.5, 0.6) is 0 Å². The molecule has 0 aliphatic heterocycles. The van der Waals surface area contributed by atoms with Gasteiger partial charge in [-0.2, -0.15) is 0 Å². The lowest BCUT2D eigenvalue weighted by molar-refractivity contribution is -0.149. The maximum absolute atomic E-state index is 11.7. The highest BCUT2D eigenvalue weighted by atomic mass is 16.4. The van der Waals surface area contributed by atoms with Crippen LogP contribution >= 0.6 is 0 Å². The summed E-state index contributed by atoms with van der Waals surface area (Å²) >= 11 is 0. The van der Waals surface area contributed by atoms with Crippen molar-refractivity contribution >= 4 is 17.9 Å². The molecule has 0 aromatic carbocycles. The van der Waals surface area contributed by atoms with E-state index in [1.807, 2.05) is 0 Å². The number of rotatable bonds is 4. The van der Waals surface area contributed by atoms with Crippen molar-refractivity contribution in [2.45, 2.75) is 45.6 Å². The van der Waals surface area contributed by atoms with Crippen molar-refractivity contribution in [1.29, 1.82) is 0 Å². The Morgan fingerprint density at radius 1 is 1.33 bits per heavy atom. The Morgan fingerprint density at radius 2 is 1.89 bits per heavy atom. The van der Waals surface area contributed by atoms with E-state index in [0.717, 1.165) is 19.3 Å². The molecule has 6 heteroatoms. The molecule has 18 heavy (non-hydrogen) atoms. The fraction of sp³-hybridized carbons (Fsp3) is 0.750. The fourth-order valence-corrected chi connectivity index (χ4v) is 1.67. The summed E-state index contributed by atoms with van der Waals surface area (Å²) in [4.78, 5) is 35.6. The molecule has 0 bridgehead atoms. The van der Waals surface area contributed by atoms with Gasteiger partial charge in [-0.1, -0.05) is 0 Å². The Hall–Kier alpha value is -1.59.